The molecule has 1 heterocycles. The Bertz CT molecular complexity index is 928. The van der Waals surface area contributed by atoms with Crippen molar-refractivity contribution in [1.29, 1.82) is 0 Å². The van der Waals surface area contributed by atoms with Gasteiger partial charge in [0.25, 0.3) is 0 Å². The Labute approximate surface area is 151 Å². The number of nitro groups is 1. The van der Waals surface area contributed by atoms with Gasteiger partial charge in [0.2, 0.25) is 11.6 Å². The lowest BCUT2D eigenvalue weighted by molar-refractivity contribution is -0.383. The van der Waals surface area contributed by atoms with Gasteiger partial charge in [-0.25, -0.2) is 9.97 Å². The quantitative estimate of drug-likeness (QED) is 0.507. The molecule has 0 amide bonds. The number of hydrogen-bond donors (Lipinski definition) is 2. The van der Waals surface area contributed by atoms with Crippen molar-refractivity contribution < 1.29 is 4.92 Å². The summed E-state index contributed by atoms with van der Waals surface area (Å²) in [5.41, 5.74) is 3.71. The molecule has 0 atom stereocenters. The van der Waals surface area contributed by atoms with Crippen molar-refractivity contribution in [3.05, 3.63) is 81.7 Å². The van der Waals surface area contributed by atoms with E-state index in [0.29, 0.717) is 6.54 Å². The van der Waals surface area contributed by atoms with Crippen LogP contribution in [0, 0.1) is 24.0 Å². The van der Waals surface area contributed by atoms with E-state index in [0.717, 1.165) is 22.4 Å². The smallest absolute Gasteiger partial charge is 0.353 e. The van der Waals surface area contributed by atoms with Crippen LogP contribution in [0.2, 0.25) is 0 Å². The summed E-state index contributed by atoms with van der Waals surface area (Å²) in [6.45, 7) is 4.38. The molecule has 0 radical (unpaired) electrons. The largest absolute Gasteiger partial charge is 0.360 e. The van der Waals surface area contributed by atoms with E-state index in [1.165, 1.54) is 6.33 Å². The summed E-state index contributed by atoms with van der Waals surface area (Å²) < 4.78 is 0. The molecule has 0 bridgehead atoms. The molecule has 0 aliphatic carbocycles. The summed E-state index contributed by atoms with van der Waals surface area (Å²) in [4.78, 5) is 19.3. The molecule has 0 saturated carbocycles. The summed E-state index contributed by atoms with van der Waals surface area (Å²) in [7, 11) is 0. The average molecular weight is 349 g/mol. The number of benzene rings is 2. The van der Waals surface area contributed by atoms with Crippen LogP contribution in [0.5, 0.6) is 0 Å². The number of aryl methyl sites for hydroxylation is 1. The zero-order valence-corrected chi connectivity index (χ0v) is 14.6. The lowest BCUT2D eigenvalue weighted by atomic mass is 10.1. The van der Waals surface area contributed by atoms with Crippen molar-refractivity contribution in [2.45, 2.75) is 20.4 Å². The fraction of sp³-hybridized carbons (Fsp3) is 0.158. The van der Waals surface area contributed by atoms with E-state index in [2.05, 4.69) is 20.6 Å². The van der Waals surface area contributed by atoms with Crippen LogP contribution in [0.4, 0.5) is 23.0 Å². The first-order valence-electron chi connectivity index (χ1n) is 8.16. The van der Waals surface area contributed by atoms with Crippen molar-refractivity contribution >= 4 is 23.0 Å². The molecular weight excluding hydrogens is 330 g/mol. The van der Waals surface area contributed by atoms with Crippen molar-refractivity contribution in [2.75, 3.05) is 10.6 Å². The highest BCUT2D eigenvalue weighted by Crippen LogP contribution is 2.32. The van der Waals surface area contributed by atoms with Crippen molar-refractivity contribution in [3.63, 3.8) is 0 Å². The van der Waals surface area contributed by atoms with E-state index >= 15 is 0 Å². The third-order valence-corrected chi connectivity index (χ3v) is 4.17. The monoisotopic (exact) mass is 349 g/mol. The van der Waals surface area contributed by atoms with Crippen molar-refractivity contribution in [1.82, 2.24) is 9.97 Å². The van der Waals surface area contributed by atoms with E-state index in [4.69, 9.17) is 0 Å². The molecule has 7 heteroatoms. The molecule has 0 aliphatic rings. The maximum absolute atomic E-state index is 11.6. The molecule has 0 spiro atoms. The van der Waals surface area contributed by atoms with Crippen LogP contribution in [-0.4, -0.2) is 14.9 Å². The van der Waals surface area contributed by atoms with Gasteiger partial charge in [0.05, 0.1) is 4.92 Å². The highest BCUT2D eigenvalue weighted by molar-refractivity contribution is 5.75. The molecule has 3 rings (SSSR count). The Morgan fingerprint density at radius 1 is 1.00 bits per heavy atom. The van der Waals surface area contributed by atoms with Gasteiger partial charge >= 0.3 is 5.69 Å². The first-order chi connectivity index (χ1) is 12.6. The Kier molecular flexibility index (Phi) is 5.07. The summed E-state index contributed by atoms with van der Waals surface area (Å²) in [6, 6.07) is 15.4. The fourth-order valence-corrected chi connectivity index (χ4v) is 2.57. The van der Waals surface area contributed by atoms with E-state index in [9.17, 15) is 10.1 Å². The second-order valence-corrected chi connectivity index (χ2v) is 5.89. The Balaban J connectivity index is 1.91. The molecule has 3 aromatic rings. The number of nitrogens with zero attached hydrogens (tertiary/aromatic N) is 3. The standard InChI is InChI=1S/C19H19N5O2/c1-13-7-6-10-16(14(13)2)23-19-17(24(25)26)18(21-12-22-19)20-11-15-8-4-3-5-9-15/h3-10,12H,11H2,1-2H3,(H2,20,21,22,23). The zero-order valence-electron chi connectivity index (χ0n) is 14.6. The van der Waals surface area contributed by atoms with Gasteiger partial charge in [-0.3, -0.25) is 10.1 Å². The summed E-state index contributed by atoms with van der Waals surface area (Å²) in [5.74, 6) is 0.343. The number of nitrogens with one attached hydrogen (secondary N) is 2. The molecule has 0 saturated heterocycles. The second-order valence-electron chi connectivity index (χ2n) is 5.89. The molecule has 2 aromatic carbocycles. The van der Waals surface area contributed by atoms with Crippen LogP contribution >= 0.6 is 0 Å². The minimum absolute atomic E-state index is 0.161. The van der Waals surface area contributed by atoms with E-state index in [-0.39, 0.29) is 17.3 Å². The molecule has 2 N–H and O–H groups in total. The van der Waals surface area contributed by atoms with Gasteiger partial charge < -0.3 is 10.6 Å². The molecule has 0 fully saturated rings. The zero-order chi connectivity index (χ0) is 18.5. The molecule has 26 heavy (non-hydrogen) atoms. The number of hydrogen-bond acceptors (Lipinski definition) is 6. The Morgan fingerprint density at radius 3 is 2.46 bits per heavy atom. The highest BCUT2D eigenvalue weighted by Gasteiger charge is 2.23. The van der Waals surface area contributed by atoms with Crippen molar-refractivity contribution in [3.8, 4) is 0 Å². The van der Waals surface area contributed by atoms with E-state index < -0.39 is 4.92 Å². The first-order valence-corrected chi connectivity index (χ1v) is 8.16. The molecular formula is C19H19N5O2. The van der Waals surface area contributed by atoms with E-state index in [1.807, 2.05) is 62.4 Å². The SMILES string of the molecule is Cc1cccc(Nc2ncnc(NCc3ccccc3)c2[N+](=O)[O-])c1C. The van der Waals surface area contributed by atoms with Crippen LogP contribution in [0.3, 0.4) is 0 Å². The second kappa shape index (κ2) is 7.60. The highest BCUT2D eigenvalue weighted by atomic mass is 16.6. The van der Waals surface area contributed by atoms with Crippen molar-refractivity contribution in [2.24, 2.45) is 0 Å². The van der Waals surface area contributed by atoms with Crippen LogP contribution in [0.25, 0.3) is 0 Å². The van der Waals surface area contributed by atoms with Crippen LogP contribution in [-0.2, 0) is 6.54 Å². The molecule has 132 valence electrons. The first kappa shape index (κ1) is 17.3. The Morgan fingerprint density at radius 2 is 1.73 bits per heavy atom. The third-order valence-electron chi connectivity index (χ3n) is 4.17. The van der Waals surface area contributed by atoms with Crippen LogP contribution in [0.15, 0.2) is 54.9 Å². The third kappa shape index (κ3) is 3.77. The maximum Gasteiger partial charge on any atom is 0.353 e. The minimum atomic E-state index is -0.471. The topological polar surface area (TPSA) is 93.0 Å². The summed E-state index contributed by atoms with van der Waals surface area (Å²) in [5, 5.41) is 17.7. The van der Waals surface area contributed by atoms with Gasteiger partial charge in [-0.2, -0.15) is 0 Å². The van der Waals surface area contributed by atoms with Gasteiger partial charge in [0.1, 0.15) is 6.33 Å². The van der Waals surface area contributed by atoms with Gasteiger partial charge in [-0.15, -0.1) is 0 Å². The average Bonchev–Trinajstić information content (AvgIpc) is 2.64. The van der Waals surface area contributed by atoms with Gasteiger partial charge in [-0.1, -0.05) is 42.5 Å². The van der Waals surface area contributed by atoms with Gasteiger partial charge in [0.15, 0.2) is 0 Å². The number of rotatable bonds is 6. The molecule has 0 unspecified atom stereocenters. The lowest BCUT2D eigenvalue weighted by Crippen LogP contribution is -2.08. The summed E-state index contributed by atoms with van der Waals surface area (Å²) in [6.07, 6.45) is 1.31. The molecule has 0 aliphatic heterocycles. The van der Waals surface area contributed by atoms with E-state index in [1.54, 1.807) is 0 Å². The lowest BCUT2D eigenvalue weighted by Gasteiger charge is -2.12. The maximum atomic E-state index is 11.6. The van der Waals surface area contributed by atoms with Gasteiger partial charge in [-0.05, 0) is 36.6 Å². The Hall–Kier alpha value is -3.48. The fourth-order valence-electron chi connectivity index (χ4n) is 2.57. The van der Waals surface area contributed by atoms with Crippen LogP contribution in [0.1, 0.15) is 16.7 Å². The summed E-state index contributed by atoms with van der Waals surface area (Å²) >= 11 is 0. The molecule has 1 aromatic heterocycles. The number of aromatic nitrogens is 2. The minimum Gasteiger partial charge on any atom is -0.360 e. The van der Waals surface area contributed by atoms with Gasteiger partial charge in [0, 0.05) is 12.2 Å². The van der Waals surface area contributed by atoms with Crippen LogP contribution < -0.4 is 10.6 Å². The number of anilines is 3. The predicted octanol–water partition coefficient (Wildman–Crippen LogP) is 4.36. The molecule has 7 nitrogen and oxygen atoms in total. The normalized spacial score (nSPS) is 10.4. The predicted molar refractivity (Wildman–Crippen MR) is 102 cm³/mol.